The summed E-state index contributed by atoms with van der Waals surface area (Å²) in [6, 6.07) is 12.7. The van der Waals surface area contributed by atoms with Gasteiger partial charge in [-0.1, -0.05) is 18.2 Å². The number of hydrogen-bond acceptors (Lipinski definition) is 4. The Bertz CT molecular complexity index is 951. The fourth-order valence-corrected chi connectivity index (χ4v) is 5.16. The van der Waals surface area contributed by atoms with Gasteiger partial charge in [0, 0.05) is 36.3 Å². The molecule has 1 saturated heterocycles. The minimum absolute atomic E-state index is 0.148. The normalized spacial score (nSPS) is 27.5. The number of anilines is 1. The number of carbonyl (C=O) groups is 1. The first-order valence-corrected chi connectivity index (χ1v) is 9.85. The zero-order valence-corrected chi connectivity index (χ0v) is 15.2. The summed E-state index contributed by atoms with van der Waals surface area (Å²) in [5.41, 5.74) is 3.57. The van der Waals surface area contributed by atoms with E-state index in [1.807, 2.05) is 23.1 Å². The highest BCUT2D eigenvalue weighted by atomic mass is 16.5. The lowest BCUT2D eigenvalue weighted by atomic mass is 9.76. The molecule has 1 amide bonds. The predicted molar refractivity (Wildman–Crippen MR) is 102 cm³/mol. The predicted octanol–water partition coefficient (Wildman–Crippen LogP) is 2.40. The second-order valence-electron chi connectivity index (χ2n) is 7.97. The van der Waals surface area contributed by atoms with Crippen molar-refractivity contribution in [2.45, 2.75) is 30.7 Å². The van der Waals surface area contributed by atoms with Gasteiger partial charge in [0.15, 0.2) is 0 Å². The van der Waals surface area contributed by atoms with E-state index < -0.39 is 5.41 Å². The summed E-state index contributed by atoms with van der Waals surface area (Å²) in [6.07, 6.45) is 3.19. The van der Waals surface area contributed by atoms with Gasteiger partial charge in [-0.15, -0.1) is 0 Å². The number of amides is 1. The van der Waals surface area contributed by atoms with Crippen molar-refractivity contribution in [1.29, 1.82) is 0 Å². The fourth-order valence-electron chi connectivity index (χ4n) is 5.16. The first-order chi connectivity index (χ1) is 13.3. The molecule has 0 saturated carbocycles. The van der Waals surface area contributed by atoms with Gasteiger partial charge in [0.05, 0.1) is 6.61 Å². The van der Waals surface area contributed by atoms with Gasteiger partial charge in [0.2, 0.25) is 5.91 Å². The summed E-state index contributed by atoms with van der Waals surface area (Å²) in [7, 11) is 0. The number of benzene rings is 2. The van der Waals surface area contributed by atoms with Crippen molar-refractivity contribution in [3.8, 4) is 11.5 Å². The smallest absolute Gasteiger partial charge is 0.245 e. The summed E-state index contributed by atoms with van der Waals surface area (Å²) in [5.74, 6) is 1.84. The third-order valence-corrected chi connectivity index (χ3v) is 6.53. The van der Waals surface area contributed by atoms with Crippen molar-refractivity contribution in [1.82, 2.24) is 5.32 Å². The summed E-state index contributed by atoms with van der Waals surface area (Å²) in [5, 5.41) is 3.53. The lowest BCUT2D eigenvalue weighted by Gasteiger charge is -2.25. The average Bonchev–Trinajstić information content (AvgIpc) is 3.46. The Labute approximate surface area is 158 Å². The molecule has 4 heterocycles. The number of carbonyl (C=O) groups excluding carboxylic acids is 1. The molecule has 6 rings (SSSR count). The first-order valence-electron chi connectivity index (χ1n) is 9.85. The van der Waals surface area contributed by atoms with Gasteiger partial charge in [-0.2, -0.15) is 0 Å². The number of hydrogen-bond donors (Lipinski definition) is 1. The molecule has 0 bridgehead atoms. The molecular weight excluding hydrogens is 340 g/mol. The Kier molecular flexibility index (Phi) is 3.15. The van der Waals surface area contributed by atoms with E-state index in [-0.39, 0.29) is 5.91 Å². The molecule has 4 aliphatic rings. The minimum Gasteiger partial charge on any atom is -0.493 e. The van der Waals surface area contributed by atoms with Crippen LogP contribution in [-0.2, 0) is 16.6 Å². The number of nitrogens with one attached hydrogen (secondary N) is 1. The molecule has 5 heteroatoms. The highest BCUT2D eigenvalue weighted by Crippen LogP contribution is 2.53. The largest absolute Gasteiger partial charge is 0.493 e. The Hall–Kier alpha value is -2.53. The van der Waals surface area contributed by atoms with Gasteiger partial charge < -0.3 is 19.7 Å². The molecule has 0 aliphatic carbocycles. The van der Waals surface area contributed by atoms with Crippen molar-refractivity contribution in [2.75, 3.05) is 31.2 Å². The minimum atomic E-state index is -0.720. The van der Waals surface area contributed by atoms with Gasteiger partial charge in [-0.25, -0.2) is 0 Å². The van der Waals surface area contributed by atoms with Crippen LogP contribution in [0.3, 0.4) is 0 Å². The summed E-state index contributed by atoms with van der Waals surface area (Å²) >= 11 is 0. The van der Waals surface area contributed by atoms with Crippen molar-refractivity contribution in [2.24, 2.45) is 0 Å². The van der Waals surface area contributed by atoms with Gasteiger partial charge >= 0.3 is 0 Å². The van der Waals surface area contributed by atoms with E-state index >= 15 is 0 Å². The summed E-state index contributed by atoms with van der Waals surface area (Å²) < 4.78 is 11.8. The molecule has 2 aromatic rings. The second-order valence-corrected chi connectivity index (χ2v) is 7.97. The number of rotatable bonds is 2. The third-order valence-electron chi connectivity index (χ3n) is 6.53. The van der Waals surface area contributed by atoms with E-state index in [2.05, 4.69) is 23.5 Å². The first kappa shape index (κ1) is 15.5. The van der Waals surface area contributed by atoms with E-state index in [9.17, 15) is 4.79 Å². The van der Waals surface area contributed by atoms with Gasteiger partial charge in [-0.05, 0) is 42.6 Å². The fraction of sp³-hybridized carbons (Fsp3) is 0.409. The number of fused-ring (bicyclic) bond motifs is 5. The Morgan fingerprint density at radius 3 is 2.96 bits per heavy atom. The zero-order valence-electron chi connectivity index (χ0n) is 15.2. The Balaban J connectivity index is 1.49. The molecular formula is C22H22N2O3. The van der Waals surface area contributed by atoms with E-state index in [4.69, 9.17) is 9.47 Å². The quantitative estimate of drug-likeness (QED) is 0.891. The standard InChI is InChI=1S/C22H22N2O3/c25-21-22(13-27-20-11-19-14(7-9-26-19)10-17(20)22)16-5-1-2-6-18(16)24(21)12-15-4-3-8-23-15/h1-2,5-6,10-11,15,23H,3-4,7-9,12-13H2. The van der Waals surface area contributed by atoms with E-state index in [0.717, 1.165) is 54.2 Å². The van der Waals surface area contributed by atoms with E-state index in [0.29, 0.717) is 19.3 Å². The number of nitrogens with zero attached hydrogens (tertiary/aromatic N) is 1. The van der Waals surface area contributed by atoms with Gasteiger partial charge in [0.1, 0.15) is 23.5 Å². The third kappa shape index (κ3) is 2.00. The maximum atomic E-state index is 13.8. The van der Waals surface area contributed by atoms with Crippen molar-refractivity contribution < 1.29 is 14.3 Å². The lowest BCUT2D eigenvalue weighted by Crippen LogP contribution is -2.46. The van der Waals surface area contributed by atoms with Crippen LogP contribution in [0.5, 0.6) is 11.5 Å². The average molecular weight is 362 g/mol. The molecule has 2 atom stereocenters. The monoisotopic (exact) mass is 362 g/mol. The number of ether oxygens (including phenoxy) is 2. The van der Waals surface area contributed by atoms with Crippen LogP contribution in [0.15, 0.2) is 36.4 Å². The van der Waals surface area contributed by atoms with Crippen LogP contribution in [0.25, 0.3) is 0 Å². The van der Waals surface area contributed by atoms with Crippen LogP contribution in [0, 0.1) is 0 Å². The number of para-hydroxylation sites is 1. The summed E-state index contributed by atoms with van der Waals surface area (Å²) in [4.78, 5) is 15.8. The molecule has 1 N–H and O–H groups in total. The zero-order chi connectivity index (χ0) is 18.0. The van der Waals surface area contributed by atoms with Crippen LogP contribution in [-0.4, -0.2) is 38.3 Å². The highest BCUT2D eigenvalue weighted by Gasteiger charge is 2.57. The summed E-state index contributed by atoms with van der Waals surface area (Å²) in [6.45, 7) is 2.84. The molecule has 5 nitrogen and oxygen atoms in total. The van der Waals surface area contributed by atoms with Crippen LogP contribution in [0.4, 0.5) is 5.69 Å². The van der Waals surface area contributed by atoms with Crippen molar-refractivity contribution >= 4 is 11.6 Å². The molecule has 1 fully saturated rings. The maximum Gasteiger partial charge on any atom is 0.245 e. The Morgan fingerprint density at radius 1 is 1.15 bits per heavy atom. The van der Waals surface area contributed by atoms with Crippen LogP contribution in [0.2, 0.25) is 0 Å². The molecule has 1 spiro atoms. The van der Waals surface area contributed by atoms with Crippen LogP contribution in [0.1, 0.15) is 29.5 Å². The molecule has 0 aromatic heterocycles. The van der Waals surface area contributed by atoms with Gasteiger partial charge in [-0.3, -0.25) is 4.79 Å². The topological polar surface area (TPSA) is 50.8 Å². The molecule has 4 aliphatic heterocycles. The molecule has 2 unspecified atom stereocenters. The highest BCUT2D eigenvalue weighted by molar-refractivity contribution is 6.11. The van der Waals surface area contributed by atoms with Crippen LogP contribution < -0.4 is 19.7 Å². The lowest BCUT2D eigenvalue weighted by molar-refractivity contribution is -0.122. The second kappa shape index (κ2) is 5.49. The van der Waals surface area contributed by atoms with E-state index in [1.165, 1.54) is 12.0 Å². The van der Waals surface area contributed by atoms with Gasteiger partial charge in [0.25, 0.3) is 0 Å². The maximum absolute atomic E-state index is 13.8. The van der Waals surface area contributed by atoms with Crippen LogP contribution >= 0.6 is 0 Å². The van der Waals surface area contributed by atoms with E-state index in [1.54, 1.807) is 0 Å². The van der Waals surface area contributed by atoms with Crippen molar-refractivity contribution in [3.05, 3.63) is 53.1 Å². The molecule has 27 heavy (non-hydrogen) atoms. The molecule has 2 aromatic carbocycles. The Morgan fingerprint density at radius 2 is 2.07 bits per heavy atom. The SMILES string of the molecule is O=C1N(CC2CCCN2)c2ccccc2C12COc1cc3c(cc12)CCO3. The molecule has 0 radical (unpaired) electrons. The molecule has 138 valence electrons. The van der Waals surface area contributed by atoms with Crippen molar-refractivity contribution in [3.63, 3.8) is 0 Å².